The Kier molecular flexibility index (Phi) is 3.23. The molecule has 17 heavy (non-hydrogen) atoms. The summed E-state index contributed by atoms with van der Waals surface area (Å²) in [6.45, 7) is 0. The summed E-state index contributed by atoms with van der Waals surface area (Å²) in [5.74, 6) is 1.44. The average Bonchev–Trinajstić information content (AvgIpc) is 2.74. The molecule has 1 aromatic heterocycles. The minimum atomic E-state index is 0.239. The van der Waals surface area contributed by atoms with Crippen LogP contribution in [-0.2, 0) is 0 Å². The van der Waals surface area contributed by atoms with Gasteiger partial charge >= 0.3 is 0 Å². The van der Waals surface area contributed by atoms with E-state index >= 15 is 0 Å². The third-order valence-electron chi connectivity index (χ3n) is 2.33. The van der Waals surface area contributed by atoms with Crippen molar-refractivity contribution < 1.29 is 14.0 Å². The van der Waals surface area contributed by atoms with Gasteiger partial charge in [-0.05, 0) is 12.1 Å². The number of anilines is 1. The van der Waals surface area contributed by atoms with Gasteiger partial charge in [0.05, 0.1) is 26.0 Å². The molecule has 2 N–H and O–H groups in total. The number of ether oxygens (including phenoxy) is 2. The molecule has 6 heteroatoms. The molecule has 0 amide bonds. The Morgan fingerprint density at radius 1 is 1.24 bits per heavy atom. The molecule has 0 radical (unpaired) electrons. The molecule has 0 atom stereocenters. The average molecular weight is 299 g/mol. The zero-order valence-corrected chi connectivity index (χ0v) is 10.9. The van der Waals surface area contributed by atoms with Crippen LogP contribution in [0.2, 0.25) is 0 Å². The van der Waals surface area contributed by atoms with E-state index in [9.17, 15) is 0 Å². The Hall–Kier alpha value is -1.69. The second-order valence-corrected chi connectivity index (χ2v) is 4.21. The maximum absolute atomic E-state index is 5.70. The summed E-state index contributed by atoms with van der Waals surface area (Å²) in [4.78, 5) is 0. The van der Waals surface area contributed by atoms with Gasteiger partial charge in [-0.1, -0.05) is 21.1 Å². The Morgan fingerprint density at radius 2 is 2.00 bits per heavy atom. The van der Waals surface area contributed by atoms with Crippen LogP contribution in [0.15, 0.2) is 27.3 Å². The largest absolute Gasteiger partial charge is 0.493 e. The lowest BCUT2D eigenvalue weighted by atomic mass is 10.1. The van der Waals surface area contributed by atoms with Crippen LogP contribution in [-0.4, -0.2) is 19.4 Å². The summed E-state index contributed by atoms with van der Waals surface area (Å²) in [6.07, 6.45) is 1.54. The normalized spacial score (nSPS) is 10.3. The monoisotopic (exact) mass is 298 g/mol. The van der Waals surface area contributed by atoms with Crippen LogP contribution in [0.5, 0.6) is 11.5 Å². The molecule has 0 aliphatic heterocycles. The van der Waals surface area contributed by atoms with Crippen LogP contribution in [0.3, 0.4) is 0 Å². The van der Waals surface area contributed by atoms with Gasteiger partial charge in [0.15, 0.2) is 11.5 Å². The van der Waals surface area contributed by atoms with Gasteiger partial charge in [0.25, 0.3) is 0 Å². The van der Waals surface area contributed by atoms with Crippen molar-refractivity contribution in [3.8, 4) is 22.6 Å². The standard InChI is InChI=1S/C11H11BrN2O3/c1-15-9-4-6(12)3-7(10(9)16-2)8-5-14-17-11(8)13/h3-5H,13H2,1-2H3. The third-order valence-corrected chi connectivity index (χ3v) is 2.79. The first-order chi connectivity index (χ1) is 8.17. The second-order valence-electron chi connectivity index (χ2n) is 3.29. The molecule has 90 valence electrons. The lowest BCUT2D eigenvalue weighted by Gasteiger charge is -2.12. The highest BCUT2D eigenvalue weighted by molar-refractivity contribution is 9.10. The molecule has 1 heterocycles. The van der Waals surface area contributed by atoms with E-state index in [1.165, 1.54) is 0 Å². The van der Waals surface area contributed by atoms with Gasteiger partial charge in [0.2, 0.25) is 5.88 Å². The maximum Gasteiger partial charge on any atom is 0.230 e. The molecule has 0 saturated heterocycles. The second kappa shape index (κ2) is 4.67. The highest BCUT2D eigenvalue weighted by Gasteiger charge is 2.17. The van der Waals surface area contributed by atoms with Crippen LogP contribution in [0, 0.1) is 0 Å². The molecule has 5 nitrogen and oxygen atoms in total. The topological polar surface area (TPSA) is 70.5 Å². The van der Waals surface area contributed by atoms with Gasteiger partial charge in [0, 0.05) is 10.0 Å². The Morgan fingerprint density at radius 3 is 2.53 bits per heavy atom. The van der Waals surface area contributed by atoms with Crippen molar-refractivity contribution in [2.75, 3.05) is 20.0 Å². The summed E-state index contributed by atoms with van der Waals surface area (Å²) >= 11 is 3.40. The maximum atomic E-state index is 5.70. The molecule has 0 fully saturated rings. The van der Waals surface area contributed by atoms with E-state index in [2.05, 4.69) is 21.1 Å². The van der Waals surface area contributed by atoms with Crippen LogP contribution >= 0.6 is 15.9 Å². The molecule has 0 spiro atoms. The molecule has 0 bridgehead atoms. The van der Waals surface area contributed by atoms with E-state index in [1.54, 1.807) is 20.4 Å². The number of nitrogens with zero attached hydrogens (tertiary/aromatic N) is 1. The van der Waals surface area contributed by atoms with Gasteiger partial charge in [0.1, 0.15) is 0 Å². The van der Waals surface area contributed by atoms with Crippen molar-refractivity contribution in [2.24, 2.45) is 0 Å². The number of nitrogens with two attached hydrogens (primary N) is 1. The SMILES string of the molecule is COc1cc(Br)cc(-c2cnoc2N)c1OC. The lowest BCUT2D eigenvalue weighted by molar-refractivity contribution is 0.356. The first kappa shape index (κ1) is 11.8. The van der Waals surface area contributed by atoms with Gasteiger partial charge < -0.3 is 19.7 Å². The Bertz CT molecular complexity index is 540. The number of methoxy groups -OCH3 is 2. The molecular weight excluding hydrogens is 288 g/mol. The summed E-state index contributed by atoms with van der Waals surface area (Å²) in [5, 5.41) is 3.65. The number of rotatable bonds is 3. The van der Waals surface area contributed by atoms with Crippen LogP contribution < -0.4 is 15.2 Å². The molecule has 0 aliphatic rings. The number of nitrogen functional groups attached to an aromatic ring is 1. The molecule has 0 saturated carbocycles. The predicted octanol–water partition coefficient (Wildman–Crippen LogP) is 2.70. The molecule has 2 rings (SSSR count). The fourth-order valence-electron chi connectivity index (χ4n) is 1.58. The van der Waals surface area contributed by atoms with Crippen LogP contribution in [0.25, 0.3) is 11.1 Å². The molecular formula is C11H11BrN2O3. The van der Waals surface area contributed by atoms with Crippen molar-refractivity contribution in [1.82, 2.24) is 5.16 Å². The van der Waals surface area contributed by atoms with E-state index < -0.39 is 0 Å². The Labute approximate surface area is 107 Å². The first-order valence-corrected chi connectivity index (χ1v) is 5.58. The van der Waals surface area contributed by atoms with E-state index in [4.69, 9.17) is 19.7 Å². The zero-order valence-electron chi connectivity index (χ0n) is 9.36. The minimum Gasteiger partial charge on any atom is -0.493 e. The van der Waals surface area contributed by atoms with Gasteiger partial charge in [-0.2, -0.15) is 0 Å². The fraction of sp³-hybridized carbons (Fsp3) is 0.182. The van der Waals surface area contributed by atoms with E-state index in [0.717, 1.165) is 10.0 Å². The third kappa shape index (κ3) is 2.08. The molecule has 1 aromatic carbocycles. The molecule has 2 aromatic rings. The molecule has 0 unspecified atom stereocenters. The fourth-order valence-corrected chi connectivity index (χ4v) is 2.02. The van der Waals surface area contributed by atoms with Gasteiger partial charge in [-0.15, -0.1) is 0 Å². The number of halogens is 1. The summed E-state index contributed by atoms with van der Waals surface area (Å²) in [7, 11) is 3.14. The van der Waals surface area contributed by atoms with Crippen molar-refractivity contribution in [3.63, 3.8) is 0 Å². The predicted molar refractivity (Wildman–Crippen MR) is 67.2 cm³/mol. The summed E-state index contributed by atoms with van der Waals surface area (Å²) in [5.41, 5.74) is 7.13. The van der Waals surface area contributed by atoms with Gasteiger partial charge in [-0.3, -0.25) is 0 Å². The van der Waals surface area contributed by atoms with Crippen LogP contribution in [0.1, 0.15) is 0 Å². The smallest absolute Gasteiger partial charge is 0.230 e. The lowest BCUT2D eigenvalue weighted by Crippen LogP contribution is -1.94. The van der Waals surface area contributed by atoms with E-state index in [-0.39, 0.29) is 5.88 Å². The number of aromatic nitrogens is 1. The van der Waals surface area contributed by atoms with Crippen molar-refractivity contribution >= 4 is 21.8 Å². The number of benzene rings is 1. The van der Waals surface area contributed by atoms with E-state index in [1.807, 2.05) is 12.1 Å². The first-order valence-electron chi connectivity index (χ1n) is 4.79. The minimum absolute atomic E-state index is 0.239. The van der Waals surface area contributed by atoms with Gasteiger partial charge in [-0.25, -0.2) is 0 Å². The Balaban J connectivity index is 2.68. The highest BCUT2D eigenvalue weighted by Crippen LogP contribution is 2.42. The summed E-state index contributed by atoms with van der Waals surface area (Å²) in [6, 6.07) is 3.68. The number of hydrogen-bond donors (Lipinski definition) is 1. The van der Waals surface area contributed by atoms with Crippen LogP contribution in [0.4, 0.5) is 5.88 Å². The number of hydrogen-bond acceptors (Lipinski definition) is 5. The van der Waals surface area contributed by atoms with E-state index in [0.29, 0.717) is 17.1 Å². The summed E-state index contributed by atoms with van der Waals surface area (Å²) < 4.78 is 16.3. The molecule has 0 aliphatic carbocycles. The highest BCUT2D eigenvalue weighted by atomic mass is 79.9. The zero-order chi connectivity index (χ0) is 12.4. The van der Waals surface area contributed by atoms with Crippen molar-refractivity contribution in [2.45, 2.75) is 0 Å². The van der Waals surface area contributed by atoms with Crippen molar-refractivity contribution in [1.29, 1.82) is 0 Å². The van der Waals surface area contributed by atoms with Crippen molar-refractivity contribution in [3.05, 3.63) is 22.8 Å². The quantitative estimate of drug-likeness (QED) is 0.943.